The van der Waals surface area contributed by atoms with Gasteiger partial charge in [0.25, 0.3) is 5.91 Å². The second-order valence-corrected chi connectivity index (χ2v) is 6.53. The van der Waals surface area contributed by atoms with E-state index in [9.17, 15) is 22.8 Å². The van der Waals surface area contributed by atoms with E-state index in [1.807, 2.05) is 13.0 Å². The second kappa shape index (κ2) is 7.94. The minimum atomic E-state index is -4.60. The van der Waals surface area contributed by atoms with Crippen molar-refractivity contribution in [1.82, 2.24) is 15.1 Å². The summed E-state index contributed by atoms with van der Waals surface area (Å²) in [4.78, 5) is 26.4. The fourth-order valence-corrected chi connectivity index (χ4v) is 2.97. The number of aromatic nitrogens is 2. The summed E-state index contributed by atoms with van der Waals surface area (Å²) in [6.07, 6.45) is -4.60. The zero-order valence-electron chi connectivity index (χ0n) is 15.8. The van der Waals surface area contributed by atoms with Crippen molar-refractivity contribution < 1.29 is 22.8 Å². The normalized spacial score (nSPS) is 11.5. The highest BCUT2D eigenvalue weighted by molar-refractivity contribution is 6.06. The summed E-state index contributed by atoms with van der Waals surface area (Å²) in [6.45, 7) is 3.34. The Morgan fingerprint density at radius 3 is 2.59 bits per heavy atom. The molecule has 2 N–H and O–H groups in total. The number of alkyl halides is 3. The van der Waals surface area contributed by atoms with Crippen LogP contribution in [-0.2, 0) is 11.0 Å². The van der Waals surface area contributed by atoms with Gasteiger partial charge in [-0.05, 0) is 38.1 Å². The van der Waals surface area contributed by atoms with Gasteiger partial charge in [-0.25, -0.2) is 0 Å². The van der Waals surface area contributed by atoms with Gasteiger partial charge in [-0.3, -0.25) is 14.7 Å². The predicted molar refractivity (Wildman–Crippen MR) is 102 cm³/mol. The van der Waals surface area contributed by atoms with Crippen LogP contribution in [0.15, 0.2) is 42.5 Å². The van der Waals surface area contributed by atoms with Crippen molar-refractivity contribution in [1.29, 1.82) is 0 Å². The zero-order valence-corrected chi connectivity index (χ0v) is 15.8. The monoisotopic (exact) mass is 404 g/mol. The van der Waals surface area contributed by atoms with Crippen molar-refractivity contribution in [2.24, 2.45) is 0 Å². The largest absolute Gasteiger partial charge is 0.418 e. The van der Waals surface area contributed by atoms with Crippen molar-refractivity contribution >= 4 is 28.4 Å². The minimum absolute atomic E-state index is 0.161. The molecule has 6 nitrogen and oxygen atoms in total. The molecule has 1 heterocycles. The molecule has 0 saturated heterocycles. The lowest BCUT2D eigenvalue weighted by Crippen LogP contribution is -2.38. The fraction of sp³-hybridized carbons (Fsp3) is 0.250. The molecule has 0 aliphatic carbocycles. The van der Waals surface area contributed by atoms with E-state index in [1.165, 1.54) is 23.1 Å². The van der Waals surface area contributed by atoms with Gasteiger partial charge >= 0.3 is 6.18 Å². The van der Waals surface area contributed by atoms with Crippen molar-refractivity contribution in [3.63, 3.8) is 0 Å². The Bertz CT molecular complexity index is 1060. The Balaban J connectivity index is 1.78. The molecule has 29 heavy (non-hydrogen) atoms. The summed E-state index contributed by atoms with van der Waals surface area (Å²) in [6, 6.07) is 10.2. The lowest BCUT2D eigenvalue weighted by molar-refractivity contribution is -0.137. The Labute approximate surface area is 164 Å². The molecule has 3 aromatic rings. The van der Waals surface area contributed by atoms with Crippen molar-refractivity contribution in [3.05, 3.63) is 59.3 Å². The first-order valence-electron chi connectivity index (χ1n) is 8.90. The SMILES string of the molecule is CCN(CC(=O)Nc1ccccc1C(F)(F)F)C(=O)c1n[nH]c2ccc(C)cc12. The standard InChI is InChI=1S/C20H19F3N4O2/c1-3-27(19(29)18-13-10-12(2)8-9-15(13)25-26-18)11-17(28)24-16-7-5-4-6-14(16)20(21,22)23/h4-10H,3,11H2,1-2H3,(H,24,28)(H,25,26). The number of amides is 2. The van der Waals surface area contributed by atoms with E-state index in [4.69, 9.17) is 0 Å². The van der Waals surface area contributed by atoms with E-state index in [2.05, 4.69) is 15.5 Å². The Morgan fingerprint density at radius 2 is 1.90 bits per heavy atom. The molecule has 2 aromatic carbocycles. The first-order valence-corrected chi connectivity index (χ1v) is 8.90. The molecule has 0 bridgehead atoms. The summed E-state index contributed by atoms with van der Waals surface area (Å²) in [5, 5.41) is 9.68. The maximum atomic E-state index is 13.1. The van der Waals surface area contributed by atoms with Gasteiger partial charge in [0.15, 0.2) is 5.69 Å². The lowest BCUT2D eigenvalue weighted by atomic mass is 10.1. The minimum Gasteiger partial charge on any atom is -0.328 e. The third kappa shape index (κ3) is 4.39. The molecule has 0 fully saturated rings. The average Bonchev–Trinajstić information content (AvgIpc) is 3.08. The Kier molecular flexibility index (Phi) is 5.58. The quantitative estimate of drug-likeness (QED) is 0.675. The molecule has 0 spiro atoms. The van der Waals surface area contributed by atoms with Crippen LogP contribution in [0.2, 0.25) is 0 Å². The van der Waals surface area contributed by atoms with Gasteiger partial charge in [-0.1, -0.05) is 23.8 Å². The molecular weight excluding hydrogens is 385 g/mol. The molecule has 0 unspecified atom stereocenters. The van der Waals surface area contributed by atoms with Crippen LogP contribution in [0.1, 0.15) is 28.5 Å². The van der Waals surface area contributed by atoms with Crippen LogP contribution in [0.3, 0.4) is 0 Å². The number of anilines is 1. The number of nitrogens with one attached hydrogen (secondary N) is 2. The third-order valence-corrected chi connectivity index (χ3v) is 4.43. The summed E-state index contributed by atoms with van der Waals surface area (Å²) in [5.41, 5.74) is 0.482. The number of aryl methyl sites for hydroxylation is 1. The average molecular weight is 404 g/mol. The molecule has 9 heteroatoms. The van der Waals surface area contributed by atoms with E-state index >= 15 is 0 Å². The van der Waals surface area contributed by atoms with Gasteiger partial charge in [-0.15, -0.1) is 0 Å². The Morgan fingerprint density at radius 1 is 1.17 bits per heavy atom. The maximum Gasteiger partial charge on any atom is 0.418 e. The van der Waals surface area contributed by atoms with Crippen LogP contribution < -0.4 is 5.32 Å². The molecule has 3 rings (SSSR count). The maximum absolute atomic E-state index is 13.1. The first-order chi connectivity index (χ1) is 13.7. The molecule has 152 valence electrons. The van der Waals surface area contributed by atoms with Gasteiger partial charge < -0.3 is 10.2 Å². The molecule has 0 atom stereocenters. The summed E-state index contributed by atoms with van der Waals surface area (Å²) in [5.74, 6) is -1.21. The number of para-hydroxylation sites is 1. The van der Waals surface area contributed by atoms with Crippen molar-refractivity contribution in [2.45, 2.75) is 20.0 Å². The number of halogens is 3. The van der Waals surface area contributed by atoms with E-state index in [0.29, 0.717) is 10.9 Å². The highest BCUT2D eigenvalue weighted by Crippen LogP contribution is 2.34. The number of carbonyl (C=O) groups is 2. The van der Waals surface area contributed by atoms with Crippen LogP contribution in [0.4, 0.5) is 18.9 Å². The lowest BCUT2D eigenvalue weighted by Gasteiger charge is -2.20. The van der Waals surface area contributed by atoms with Crippen molar-refractivity contribution in [3.8, 4) is 0 Å². The van der Waals surface area contributed by atoms with Gasteiger partial charge in [0.05, 0.1) is 16.8 Å². The summed E-state index contributed by atoms with van der Waals surface area (Å²) < 4.78 is 39.3. The number of fused-ring (bicyclic) bond motifs is 1. The van der Waals surface area contributed by atoms with E-state index < -0.39 is 30.1 Å². The van der Waals surface area contributed by atoms with Crippen LogP contribution >= 0.6 is 0 Å². The van der Waals surface area contributed by atoms with Gasteiger partial charge in [0.1, 0.15) is 6.54 Å². The summed E-state index contributed by atoms with van der Waals surface area (Å²) in [7, 11) is 0. The summed E-state index contributed by atoms with van der Waals surface area (Å²) >= 11 is 0. The number of hydrogen-bond donors (Lipinski definition) is 2. The predicted octanol–water partition coefficient (Wildman–Crippen LogP) is 3.99. The van der Waals surface area contributed by atoms with Gasteiger partial charge in [-0.2, -0.15) is 18.3 Å². The van der Waals surface area contributed by atoms with Gasteiger partial charge in [0, 0.05) is 11.9 Å². The number of H-pyrrole nitrogens is 1. The van der Waals surface area contributed by atoms with Crippen LogP contribution in [0, 0.1) is 6.92 Å². The topological polar surface area (TPSA) is 78.1 Å². The number of rotatable bonds is 5. The molecule has 1 aromatic heterocycles. The van der Waals surface area contributed by atoms with Gasteiger partial charge in [0.2, 0.25) is 5.91 Å². The number of benzene rings is 2. The third-order valence-electron chi connectivity index (χ3n) is 4.43. The smallest absolute Gasteiger partial charge is 0.328 e. The number of carbonyl (C=O) groups excluding carboxylic acids is 2. The number of hydrogen-bond acceptors (Lipinski definition) is 3. The Hall–Kier alpha value is -3.36. The van der Waals surface area contributed by atoms with Crippen LogP contribution in [0.25, 0.3) is 10.9 Å². The molecule has 0 saturated carbocycles. The van der Waals surface area contributed by atoms with Crippen LogP contribution in [0.5, 0.6) is 0 Å². The van der Waals surface area contributed by atoms with E-state index in [0.717, 1.165) is 11.6 Å². The number of nitrogens with zero attached hydrogens (tertiary/aromatic N) is 2. The molecular formula is C20H19F3N4O2. The van der Waals surface area contributed by atoms with Crippen molar-refractivity contribution in [2.75, 3.05) is 18.4 Å². The molecule has 0 aliphatic rings. The fourth-order valence-electron chi connectivity index (χ4n) is 2.97. The van der Waals surface area contributed by atoms with E-state index in [-0.39, 0.29) is 17.9 Å². The highest BCUT2D eigenvalue weighted by atomic mass is 19.4. The molecule has 0 radical (unpaired) electrons. The van der Waals surface area contributed by atoms with E-state index in [1.54, 1.807) is 19.1 Å². The number of aromatic amines is 1. The molecule has 2 amide bonds. The van der Waals surface area contributed by atoms with Crippen LogP contribution in [-0.4, -0.2) is 40.0 Å². The highest BCUT2D eigenvalue weighted by Gasteiger charge is 2.33. The number of likely N-dealkylation sites (N-methyl/N-ethyl adjacent to an activating group) is 1. The molecule has 0 aliphatic heterocycles. The zero-order chi connectivity index (χ0) is 21.2. The first kappa shape index (κ1) is 20.4. The second-order valence-electron chi connectivity index (χ2n) is 6.53.